The Labute approximate surface area is 160 Å². The number of hydrogen-bond acceptors (Lipinski definition) is 5. The Balaban J connectivity index is 1.62. The van der Waals surface area contributed by atoms with Gasteiger partial charge in [-0.25, -0.2) is 0 Å². The summed E-state index contributed by atoms with van der Waals surface area (Å²) in [5.41, 5.74) is 2.69. The van der Waals surface area contributed by atoms with Crippen molar-refractivity contribution in [2.75, 3.05) is 5.75 Å². The molecule has 1 N–H and O–H groups in total. The molecular formula is C20H17N5OS. The fourth-order valence-electron chi connectivity index (χ4n) is 2.73. The van der Waals surface area contributed by atoms with E-state index in [4.69, 9.17) is 0 Å². The second-order valence-corrected chi connectivity index (χ2v) is 6.85. The van der Waals surface area contributed by atoms with Crippen molar-refractivity contribution in [3.05, 3.63) is 84.4 Å². The topological polar surface area (TPSA) is 76.5 Å². The third-order valence-electron chi connectivity index (χ3n) is 4.07. The number of benzene rings is 1. The quantitative estimate of drug-likeness (QED) is 0.394. The van der Waals surface area contributed by atoms with Crippen molar-refractivity contribution in [2.45, 2.75) is 11.7 Å². The Bertz CT molecular complexity index is 1010. The van der Waals surface area contributed by atoms with Gasteiger partial charge in [-0.3, -0.25) is 14.3 Å². The van der Waals surface area contributed by atoms with Crippen molar-refractivity contribution < 1.29 is 4.79 Å². The van der Waals surface area contributed by atoms with E-state index >= 15 is 0 Å². The lowest BCUT2D eigenvalue weighted by Crippen LogP contribution is -2.07. The number of thioether (sulfide) groups is 1. The molecular weight excluding hydrogens is 358 g/mol. The molecule has 0 aliphatic carbocycles. The molecule has 0 radical (unpaired) electrons. The third kappa shape index (κ3) is 3.98. The molecule has 3 aromatic heterocycles. The summed E-state index contributed by atoms with van der Waals surface area (Å²) in [7, 11) is 0. The number of rotatable bonds is 7. The summed E-state index contributed by atoms with van der Waals surface area (Å²) in [6.45, 7) is 0.629. The fraction of sp³-hybridized carbons (Fsp3) is 0.100. The molecule has 3 heterocycles. The summed E-state index contributed by atoms with van der Waals surface area (Å²) in [4.78, 5) is 19.3. The van der Waals surface area contributed by atoms with Gasteiger partial charge in [0.2, 0.25) is 0 Å². The molecule has 0 aliphatic rings. The van der Waals surface area contributed by atoms with Crippen LogP contribution in [0.3, 0.4) is 0 Å². The molecule has 0 aliphatic heterocycles. The summed E-state index contributed by atoms with van der Waals surface area (Å²) >= 11 is 1.39. The lowest BCUT2D eigenvalue weighted by molar-refractivity contribution is 0.101. The number of carbonyl (C=O) groups is 1. The van der Waals surface area contributed by atoms with Crippen LogP contribution in [0.25, 0.3) is 11.4 Å². The van der Waals surface area contributed by atoms with E-state index in [2.05, 4.69) is 32.3 Å². The van der Waals surface area contributed by atoms with Crippen molar-refractivity contribution in [1.82, 2.24) is 24.7 Å². The maximum Gasteiger partial charge on any atom is 0.192 e. The minimum Gasteiger partial charge on any atom is -0.359 e. The predicted molar refractivity (Wildman–Crippen MR) is 105 cm³/mol. The molecule has 4 aromatic rings. The van der Waals surface area contributed by atoms with Gasteiger partial charge in [0.1, 0.15) is 0 Å². The standard InChI is InChI=1S/C20H17N5OS/c26-18(17-7-4-10-22-17)14-27-20-24-23-19(16-8-11-21-12-9-16)25(20)13-15-5-2-1-3-6-15/h1-12,22H,13-14H2. The van der Waals surface area contributed by atoms with Crippen LogP contribution in [0.2, 0.25) is 0 Å². The summed E-state index contributed by atoms with van der Waals surface area (Å²) in [6, 6.07) is 17.5. The minimum absolute atomic E-state index is 0.0322. The van der Waals surface area contributed by atoms with E-state index < -0.39 is 0 Å². The monoisotopic (exact) mass is 375 g/mol. The number of aromatic nitrogens is 5. The number of hydrogen-bond donors (Lipinski definition) is 1. The van der Waals surface area contributed by atoms with Crippen LogP contribution in [0.4, 0.5) is 0 Å². The highest BCUT2D eigenvalue weighted by molar-refractivity contribution is 7.99. The molecule has 7 heteroatoms. The molecule has 0 saturated heterocycles. The van der Waals surface area contributed by atoms with Crippen LogP contribution in [0.1, 0.15) is 16.1 Å². The van der Waals surface area contributed by atoms with Gasteiger partial charge in [0.05, 0.1) is 18.0 Å². The second-order valence-electron chi connectivity index (χ2n) is 5.91. The Kier molecular flexibility index (Phi) is 5.11. The predicted octanol–water partition coefficient (Wildman–Crippen LogP) is 3.69. The molecule has 134 valence electrons. The first-order valence-corrected chi connectivity index (χ1v) is 9.47. The smallest absolute Gasteiger partial charge is 0.192 e. The van der Waals surface area contributed by atoms with E-state index in [0.717, 1.165) is 17.0 Å². The Hall–Kier alpha value is -3.19. The second kappa shape index (κ2) is 8.01. The first-order chi connectivity index (χ1) is 13.3. The van der Waals surface area contributed by atoms with Crippen molar-refractivity contribution in [1.29, 1.82) is 0 Å². The number of Topliss-reactive ketones (excluding diaryl/α,β-unsaturated/α-hetero) is 1. The Morgan fingerprint density at radius 3 is 2.56 bits per heavy atom. The summed E-state index contributed by atoms with van der Waals surface area (Å²) in [5, 5.41) is 9.42. The van der Waals surface area contributed by atoms with Gasteiger partial charge < -0.3 is 4.98 Å². The zero-order valence-corrected chi connectivity index (χ0v) is 15.3. The van der Waals surface area contributed by atoms with Gasteiger partial charge in [-0.1, -0.05) is 42.1 Å². The van der Waals surface area contributed by atoms with E-state index in [9.17, 15) is 4.79 Å². The fourth-order valence-corrected chi connectivity index (χ4v) is 3.55. The van der Waals surface area contributed by atoms with Gasteiger partial charge in [-0.15, -0.1) is 10.2 Å². The van der Waals surface area contributed by atoms with Crippen LogP contribution in [-0.4, -0.2) is 36.3 Å². The van der Waals surface area contributed by atoms with Crippen LogP contribution in [0.5, 0.6) is 0 Å². The first kappa shape index (κ1) is 17.2. The summed E-state index contributed by atoms with van der Waals surface area (Å²) in [6.07, 6.45) is 5.22. The van der Waals surface area contributed by atoms with Crippen LogP contribution < -0.4 is 0 Å². The van der Waals surface area contributed by atoms with Gasteiger partial charge in [0, 0.05) is 24.2 Å². The maximum atomic E-state index is 12.3. The van der Waals surface area contributed by atoms with Crippen LogP contribution in [-0.2, 0) is 6.54 Å². The maximum absolute atomic E-state index is 12.3. The molecule has 1 aromatic carbocycles. The number of ketones is 1. The van der Waals surface area contributed by atoms with Gasteiger partial charge in [-0.2, -0.15) is 0 Å². The molecule has 0 fully saturated rings. The molecule has 6 nitrogen and oxygen atoms in total. The number of H-pyrrole nitrogens is 1. The lowest BCUT2D eigenvalue weighted by Gasteiger charge is -2.10. The summed E-state index contributed by atoms with van der Waals surface area (Å²) < 4.78 is 2.04. The molecule has 0 saturated carbocycles. The van der Waals surface area contributed by atoms with E-state index in [0.29, 0.717) is 23.1 Å². The minimum atomic E-state index is 0.0322. The average Bonchev–Trinajstić information content (AvgIpc) is 3.38. The number of nitrogens with zero attached hydrogens (tertiary/aromatic N) is 4. The molecule has 0 bridgehead atoms. The van der Waals surface area contributed by atoms with Crippen molar-refractivity contribution in [3.63, 3.8) is 0 Å². The molecule has 0 atom stereocenters. The largest absolute Gasteiger partial charge is 0.359 e. The van der Waals surface area contributed by atoms with Gasteiger partial charge in [-0.05, 0) is 29.8 Å². The zero-order chi connectivity index (χ0) is 18.5. The Morgan fingerprint density at radius 2 is 1.81 bits per heavy atom. The molecule has 0 unspecified atom stereocenters. The van der Waals surface area contributed by atoms with Gasteiger partial charge >= 0.3 is 0 Å². The van der Waals surface area contributed by atoms with Crippen molar-refractivity contribution in [3.8, 4) is 11.4 Å². The van der Waals surface area contributed by atoms with E-state index in [1.54, 1.807) is 24.7 Å². The molecule has 4 rings (SSSR count). The van der Waals surface area contributed by atoms with Crippen molar-refractivity contribution >= 4 is 17.5 Å². The lowest BCUT2D eigenvalue weighted by atomic mass is 10.2. The number of carbonyl (C=O) groups excluding carboxylic acids is 1. The zero-order valence-electron chi connectivity index (χ0n) is 14.4. The van der Waals surface area contributed by atoms with Crippen molar-refractivity contribution in [2.24, 2.45) is 0 Å². The van der Waals surface area contributed by atoms with Crippen LogP contribution in [0.15, 0.2) is 78.3 Å². The van der Waals surface area contributed by atoms with E-state index in [1.165, 1.54) is 11.8 Å². The SMILES string of the molecule is O=C(CSc1nnc(-c2ccncc2)n1Cc1ccccc1)c1ccc[nH]1. The van der Waals surface area contributed by atoms with Gasteiger partial charge in [0.25, 0.3) is 0 Å². The van der Waals surface area contributed by atoms with E-state index in [1.807, 2.05) is 41.0 Å². The van der Waals surface area contributed by atoms with Crippen LogP contribution >= 0.6 is 11.8 Å². The molecule has 0 spiro atoms. The molecule has 0 amide bonds. The number of pyridine rings is 1. The number of nitrogens with one attached hydrogen (secondary N) is 1. The molecule has 27 heavy (non-hydrogen) atoms. The van der Waals surface area contributed by atoms with Crippen LogP contribution in [0, 0.1) is 0 Å². The van der Waals surface area contributed by atoms with Gasteiger partial charge in [0.15, 0.2) is 16.8 Å². The number of aromatic amines is 1. The summed E-state index contributed by atoms with van der Waals surface area (Å²) in [5.74, 6) is 1.09. The average molecular weight is 375 g/mol. The highest BCUT2D eigenvalue weighted by Crippen LogP contribution is 2.25. The Morgan fingerprint density at radius 1 is 1.00 bits per heavy atom. The highest BCUT2D eigenvalue weighted by Gasteiger charge is 2.17. The highest BCUT2D eigenvalue weighted by atomic mass is 32.2. The third-order valence-corrected chi connectivity index (χ3v) is 5.04. The van der Waals surface area contributed by atoms with E-state index in [-0.39, 0.29) is 5.78 Å². The normalized spacial score (nSPS) is 10.8. The first-order valence-electron chi connectivity index (χ1n) is 8.48.